The number of benzene rings is 2. The van der Waals surface area contributed by atoms with E-state index in [0.717, 1.165) is 15.7 Å². The molecule has 1 amide bonds. The van der Waals surface area contributed by atoms with Gasteiger partial charge in [-0.3, -0.25) is 4.79 Å². The lowest BCUT2D eigenvalue weighted by Gasteiger charge is -2.18. The third kappa shape index (κ3) is 5.93. The van der Waals surface area contributed by atoms with Crippen molar-refractivity contribution in [2.24, 2.45) is 0 Å². The standard InChI is InChI=1S/C18H19Cl2NO2S/c1-2-16(23-17-6-4-3-5-15(17)20)18(22)21-11-12-24-14-9-7-13(19)8-10-14/h3-10,16H,2,11-12H2,1H3,(H,21,22)/t16-/m1/s1. The third-order valence-electron chi connectivity index (χ3n) is 3.25. The van der Waals surface area contributed by atoms with Gasteiger partial charge < -0.3 is 10.1 Å². The van der Waals surface area contributed by atoms with Gasteiger partial charge in [0.15, 0.2) is 6.10 Å². The maximum absolute atomic E-state index is 12.2. The highest BCUT2D eigenvalue weighted by Gasteiger charge is 2.18. The van der Waals surface area contributed by atoms with Crippen LogP contribution in [0.15, 0.2) is 53.4 Å². The summed E-state index contributed by atoms with van der Waals surface area (Å²) in [6, 6.07) is 14.8. The first-order chi connectivity index (χ1) is 11.6. The minimum Gasteiger partial charge on any atom is -0.479 e. The topological polar surface area (TPSA) is 38.3 Å². The molecule has 1 atom stereocenters. The number of thioether (sulfide) groups is 1. The summed E-state index contributed by atoms with van der Waals surface area (Å²) < 4.78 is 5.72. The summed E-state index contributed by atoms with van der Waals surface area (Å²) in [6.45, 7) is 2.47. The van der Waals surface area contributed by atoms with E-state index in [1.807, 2.05) is 43.3 Å². The highest BCUT2D eigenvalue weighted by molar-refractivity contribution is 7.99. The molecule has 2 aromatic rings. The summed E-state index contributed by atoms with van der Waals surface area (Å²) in [5.41, 5.74) is 0. The van der Waals surface area contributed by atoms with Gasteiger partial charge in [0.25, 0.3) is 5.91 Å². The molecule has 0 saturated heterocycles. The molecular formula is C18H19Cl2NO2S. The molecule has 24 heavy (non-hydrogen) atoms. The summed E-state index contributed by atoms with van der Waals surface area (Å²) in [4.78, 5) is 13.4. The summed E-state index contributed by atoms with van der Waals surface area (Å²) in [5.74, 6) is 1.17. The minimum atomic E-state index is -0.551. The zero-order valence-electron chi connectivity index (χ0n) is 13.3. The second-order valence-electron chi connectivity index (χ2n) is 5.04. The van der Waals surface area contributed by atoms with Crippen LogP contribution in [0.2, 0.25) is 10.0 Å². The Bertz CT molecular complexity index is 664. The Morgan fingerprint density at radius 2 is 1.88 bits per heavy atom. The Morgan fingerprint density at radius 3 is 2.54 bits per heavy atom. The molecule has 1 N–H and O–H groups in total. The van der Waals surface area contributed by atoms with Crippen LogP contribution in [0.1, 0.15) is 13.3 Å². The first-order valence-corrected chi connectivity index (χ1v) is 9.41. The fourth-order valence-corrected chi connectivity index (χ4v) is 3.08. The second kappa shape index (κ2) is 9.82. The Balaban J connectivity index is 1.77. The molecule has 0 heterocycles. The molecule has 0 aromatic heterocycles. The van der Waals surface area contributed by atoms with Gasteiger partial charge in [0.2, 0.25) is 0 Å². The van der Waals surface area contributed by atoms with Crippen molar-refractivity contribution in [2.45, 2.75) is 24.3 Å². The van der Waals surface area contributed by atoms with Gasteiger partial charge in [-0.25, -0.2) is 0 Å². The molecule has 0 unspecified atom stereocenters. The van der Waals surface area contributed by atoms with E-state index >= 15 is 0 Å². The third-order valence-corrected chi connectivity index (χ3v) is 4.83. The first-order valence-electron chi connectivity index (χ1n) is 7.67. The van der Waals surface area contributed by atoms with E-state index in [2.05, 4.69) is 5.32 Å². The van der Waals surface area contributed by atoms with Gasteiger partial charge in [-0.15, -0.1) is 11.8 Å². The van der Waals surface area contributed by atoms with E-state index in [1.165, 1.54) is 0 Å². The smallest absolute Gasteiger partial charge is 0.261 e. The van der Waals surface area contributed by atoms with Crippen molar-refractivity contribution in [3.8, 4) is 5.75 Å². The van der Waals surface area contributed by atoms with Crippen molar-refractivity contribution in [1.82, 2.24) is 5.32 Å². The molecule has 0 fully saturated rings. The Hall–Kier alpha value is -1.36. The lowest BCUT2D eigenvalue weighted by Crippen LogP contribution is -2.39. The molecule has 0 saturated carbocycles. The minimum absolute atomic E-state index is 0.130. The van der Waals surface area contributed by atoms with Crippen LogP contribution in [0, 0.1) is 0 Å². The summed E-state index contributed by atoms with van der Waals surface area (Å²) in [5, 5.41) is 4.12. The number of hydrogen-bond acceptors (Lipinski definition) is 3. The average molecular weight is 384 g/mol. The van der Waals surface area contributed by atoms with Gasteiger partial charge in [0.05, 0.1) is 5.02 Å². The van der Waals surface area contributed by atoms with Crippen LogP contribution in [0.3, 0.4) is 0 Å². The molecule has 0 aliphatic heterocycles. The number of hydrogen-bond donors (Lipinski definition) is 1. The van der Waals surface area contributed by atoms with Crippen molar-refractivity contribution in [3.63, 3.8) is 0 Å². The molecule has 128 valence electrons. The van der Waals surface area contributed by atoms with Crippen LogP contribution in [0.4, 0.5) is 0 Å². The fraction of sp³-hybridized carbons (Fsp3) is 0.278. The number of nitrogens with one attached hydrogen (secondary N) is 1. The SMILES string of the molecule is CC[C@@H](Oc1ccccc1Cl)C(=O)NCCSc1ccc(Cl)cc1. The lowest BCUT2D eigenvalue weighted by atomic mass is 10.2. The zero-order chi connectivity index (χ0) is 17.4. The van der Waals surface area contributed by atoms with Gasteiger partial charge in [-0.1, -0.05) is 42.3 Å². The average Bonchev–Trinajstić information content (AvgIpc) is 2.59. The maximum atomic E-state index is 12.2. The molecular weight excluding hydrogens is 365 g/mol. The van der Waals surface area contributed by atoms with Crippen molar-refractivity contribution < 1.29 is 9.53 Å². The Kier molecular flexibility index (Phi) is 7.76. The number of carbonyl (C=O) groups excluding carboxylic acids is 1. The van der Waals surface area contributed by atoms with Crippen molar-refractivity contribution in [3.05, 3.63) is 58.6 Å². The molecule has 0 bridgehead atoms. The number of carbonyl (C=O) groups is 1. The molecule has 0 spiro atoms. The van der Waals surface area contributed by atoms with Gasteiger partial charge in [0, 0.05) is 22.2 Å². The molecule has 2 aromatic carbocycles. The summed E-state index contributed by atoms with van der Waals surface area (Å²) in [6.07, 6.45) is 0.0203. The van der Waals surface area contributed by atoms with E-state index in [-0.39, 0.29) is 5.91 Å². The van der Waals surface area contributed by atoms with Crippen LogP contribution in [-0.4, -0.2) is 24.3 Å². The van der Waals surface area contributed by atoms with Crippen LogP contribution in [0.25, 0.3) is 0 Å². The van der Waals surface area contributed by atoms with E-state index in [4.69, 9.17) is 27.9 Å². The maximum Gasteiger partial charge on any atom is 0.261 e. The number of amides is 1. The van der Waals surface area contributed by atoms with E-state index in [0.29, 0.717) is 23.7 Å². The van der Waals surface area contributed by atoms with Crippen molar-refractivity contribution in [1.29, 1.82) is 0 Å². The highest BCUT2D eigenvalue weighted by atomic mass is 35.5. The first kappa shape index (κ1) is 19.0. The number of halogens is 2. The predicted molar refractivity (Wildman–Crippen MR) is 101 cm³/mol. The molecule has 2 rings (SSSR count). The van der Waals surface area contributed by atoms with E-state index in [1.54, 1.807) is 23.9 Å². The van der Waals surface area contributed by atoms with Crippen LogP contribution in [0.5, 0.6) is 5.75 Å². The van der Waals surface area contributed by atoms with E-state index in [9.17, 15) is 4.79 Å². The fourth-order valence-electron chi connectivity index (χ4n) is 2.00. The van der Waals surface area contributed by atoms with Gasteiger partial charge >= 0.3 is 0 Å². The molecule has 0 aliphatic carbocycles. The summed E-state index contributed by atoms with van der Waals surface area (Å²) in [7, 11) is 0. The Labute approximate surface area is 156 Å². The van der Waals surface area contributed by atoms with Gasteiger partial charge in [0.1, 0.15) is 5.75 Å². The van der Waals surface area contributed by atoms with Crippen molar-refractivity contribution >= 4 is 40.9 Å². The second-order valence-corrected chi connectivity index (χ2v) is 7.05. The monoisotopic (exact) mass is 383 g/mol. The van der Waals surface area contributed by atoms with Crippen molar-refractivity contribution in [2.75, 3.05) is 12.3 Å². The largest absolute Gasteiger partial charge is 0.479 e. The molecule has 6 heteroatoms. The molecule has 0 aliphatic rings. The van der Waals surface area contributed by atoms with Crippen LogP contribution >= 0.6 is 35.0 Å². The van der Waals surface area contributed by atoms with E-state index < -0.39 is 6.10 Å². The Morgan fingerprint density at radius 1 is 1.17 bits per heavy atom. The predicted octanol–water partition coefficient (Wildman–Crippen LogP) is 5.06. The van der Waals surface area contributed by atoms with Gasteiger partial charge in [-0.05, 0) is 42.8 Å². The number of para-hydroxylation sites is 1. The molecule has 0 radical (unpaired) electrons. The zero-order valence-corrected chi connectivity index (χ0v) is 15.6. The number of rotatable bonds is 8. The van der Waals surface area contributed by atoms with Gasteiger partial charge in [-0.2, -0.15) is 0 Å². The molecule has 3 nitrogen and oxygen atoms in total. The summed E-state index contributed by atoms with van der Waals surface area (Å²) >= 11 is 13.6. The van der Waals surface area contributed by atoms with Crippen LogP contribution < -0.4 is 10.1 Å². The highest BCUT2D eigenvalue weighted by Crippen LogP contribution is 2.25. The number of ether oxygens (including phenoxy) is 1. The normalized spacial score (nSPS) is 11.8. The lowest BCUT2D eigenvalue weighted by molar-refractivity contribution is -0.127. The van der Waals surface area contributed by atoms with Crippen LogP contribution in [-0.2, 0) is 4.79 Å². The quantitative estimate of drug-likeness (QED) is 0.511.